The lowest BCUT2D eigenvalue weighted by molar-refractivity contribution is 1.39. The quantitative estimate of drug-likeness (QED) is 0.582. The topological polar surface area (TPSA) is 12.0 Å². The van der Waals surface area contributed by atoms with Crippen molar-refractivity contribution in [2.75, 3.05) is 5.32 Å². The van der Waals surface area contributed by atoms with Gasteiger partial charge in [0.2, 0.25) is 0 Å². The molecule has 0 aromatic heterocycles. The van der Waals surface area contributed by atoms with Gasteiger partial charge in [0.1, 0.15) is 0 Å². The van der Waals surface area contributed by atoms with Gasteiger partial charge in [-0.1, -0.05) is 35.9 Å². The van der Waals surface area contributed by atoms with E-state index < -0.39 is 0 Å². The first-order chi connectivity index (χ1) is 5.36. The third-order valence-electron chi connectivity index (χ3n) is 1.62. The number of benzene rings is 1. The van der Waals surface area contributed by atoms with Crippen molar-refractivity contribution in [3.8, 4) is 0 Å². The minimum Gasteiger partial charge on any atom is -0.360 e. The van der Waals surface area contributed by atoms with Gasteiger partial charge in [0.05, 0.1) is 0 Å². The summed E-state index contributed by atoms with van der Waals surface area (Å²) in [6.07, 6.45) is 3.85. The van der Waals surface area contributed by atoms with E-state index in [2.05, 4.69) is 5.32 Å². The molecule has 0 fully saturated rings. The summed E-state index contributed by atoms with van der Waals surface area (Å²) in [6, 6.07) is 8.03. The Balaban J connectivity index is 2.46. The minimum absolute atomic E-state index is 0.670. The number of nitrogens with one attached hydrogen (secondary N) is 1. The number of anilines is 1. The molecule has 1 heterocycles. The summed E-state index contributed by atoms with van der Waals surface area (Å²) in [5, 5.41) is 3.06. The Hall–Kier alpha value is -0.950. The van der Waals surface area contributed by atoms with Crippen LogP contribution in [-0.2, 0) is 0 Å². The summed E-state index contributed by atoms with van der Waals surface area (Å²) in [7, 11) is 0. The molecule has 55 valence electrons. The van der Waals surface area contributed by atoms with Crippen molar-refractivity contribution in [3.05, 3.63) is 41.4 Å². The van der Waals surface area contributed by atoms with Crippen LogP contribution in [0, 0.1) is 5.50 Å². The normalized spacial score (nSPS) is 15.7. The molecule has 0 aliphatic carbocycles. The first-order valence-corrected chi connectivity index (χ1v) is 3.80. The molecule has 1 N–H and O–H groups in total. The number of halogens is 1. The largest absolute Gasteiger partial charge is 0.360 e. The van der Waals surface area contributed by atoms with Gasteiger partial charge in [-0.15, -0.1) is 0 Å². The van der Waals surface area contributed by atoms with Gasteiger partial charge in [0.15, 0.2) is 5.50 Å². The molecule has 1 aromatic rings. The molecule has 1 aromatic carbocycles. The molecule has 1 aliphatic heterocycles. The van der Waals surface area contributed by atoms with Crippen molar-refractivity contribution in [1.29, 1.82) is 0 Å². The molecule has 1 aliphatic rings. The van der Waals surface area contributed by atoms with Gasteiger partial charge in [-0.25, -0.2) is 0 Å². The number of para-hydroxylation sites is 1. The summed E-state index contributed by atoms with van der Waals surface area (Å²) in [4.78, 5) is 0. The Labute approximate surface area is 70.7 Å². The Morgan fingerprint density at radius 1 is 1.09 bits per heavy atom. The van der Waals surface area contributed by atoms with E-state index in [9.17, 15) is 0 Å². The average molecular weight is 165 g/mol. The van der Waals surface area contributed by atoms with E-state index in [1.807, 2.05) is 36.4 Å². The van der Waals surface area contributed by atoms with Crippen LogP contribution in [0.15, 0.2) is 30.3 Å². The molecule has 0 saturated heterocycles. The zero-order valence-corrected chi connectivity index (χ0v) is 6.60. The highest BCUT2D eigenvalue weighted by Gasteiger charge is 2.08. The maximum absolute atomic E-state index is 5.76. The second-order valence-corrected chi connectivity index (χ2v) is 2.80. The molecule has 2 rings (SSSR count). The van der Waals surface area contributed by atoms with Gasteiger partial charge in [-0.2, -0.15) is 0 Å². The monoisotopic (exact) mass is 164 g/mol. The van der Waals surface area contributed by atoms with E-state index in [0.29, 0.717) is 5.50 Å². The van der Waals surface area contributed by atoms with Gasteiger partial charge in [0, 0.05) is 5.69 Å². The smallest absolute Gasteiger partial charge is 0.172 e. The van der Waals surface area contributed by atoms with Crippen LogP contribution in [0.1, 0.15) is 5.56 Å². The maximum Gasteiger partial charge on any atom is 0.172 e. The van der Waals surface area contributed by atoms with Crippen LogP contribution >= 0.6 is 11.6 Å². The predicted molar refractivity (Wildman–Crippen MR) is 48.2 cm³/mol. The van der Waals surface area contributed by atoms with Crippen LogP contribution in [0.25, 0.3) is 6.08 Å². The molecule has 0 amide bonds. The zero-order chi connectivity index (χ0) is 7.68. The van der Waals surface area contributed by atoms with Crippen molar-refractivity contribution >= 4 is 23.4 Å². The van der Waals surface area contributed by atoms with Gasteiger partial charge < -0.3 is 5.32 Å². The van der Waals surface area contributed by atoms with Crippen LogP contribution in [-0.4, -0.2) is 0 Å². The first-order valence-electron chi connectivity index (χ1n) is 3.43. The van der Waals surface area contributed by atoms with E-state index >= 15 is 0 Å². The summed E-state index contributed by atoms with van der Waals surface area (Å²) < 4.78 is 0. The van der Waals surface area contributed by atoms with Crippen molar-refractivity contribution < 1.29 is 0 Å². The van der Waals surface area contributed by atoms with Crippen molar-refractivity contribution in [3.63, 3.8) is 0 Å². The van der Waals surface area contributed by atoms with Gasteiger partial charge in [-0.3, -0.25) is 0 Å². The molecule has 1 radical (unpaired) electrons. The molecular formula is C9H7ClN. The van der Waals surface area contributed by atoms with Gasteiger partial charge in [-0.05, 0) is 17.7 Å². The SMILES string of the molecule is Cl[C]1C=Cc2ccccc2N1. The second kappa shape index (κ2) is 2.59. The number of rotatable bonds is 0. The minimum atomic E-state index is 0.670. The fraction of sp³-hybridized carbons (Fsp3) is 0. The summed E-state index contributed by atoms with van der Waals surface area (Å²) >= 11 is 5.76. The number of fused-ring (bicyclic) bond motifs is 1. The Morgan fingerprint density at radius 2 is 1.91 bits per heavy atom. The molecule has 0 unspecified atom stereocenters. The highest BCUT2D eigenvalue weighted by molar-refractivity contribution is 6.30. The fourth-order valence-corrected chi connectivity index (χ4v) is 1.25. The van der Waals surface area contributed by atoms with E-state index in [-0.39, 0.29) is 0 Å². The zero-order valence-electron chi connectivity index (χ0n) is 5.84. The highest BCUT2D eigenvalue weighted by Crippen LogP contribution is 2.26. The van der Waals surface area contributed by atoms with Crippen molar-refractivity contribution in [2.45, 2.75) is 0 Å². The molecule has 1 nitrogen and oxygen atoms in total. The number of hydrogen-bond acceptors (Lipinski definition) is 1. The molecule has 0 atom stereocenters. The lowest BCUT2D eigenvalue weighted by atomic mass is 10.1. The van der Waals surface area contributed by atoms with Crippen molar-refractivity contribution in [1.82, 2.24) is 0 Å². The van der Waals surface area contributed by atoms with Crippen molar-refractivity contribution in [2.24, 2.45) is 0 Å². The lowest BCUT2D eigenvalue weighted by Gasteiger charge is -2.15. The van der Waals surface area contributed by atoms with Crippen LogP contribution in [0.3, 0.4) is 0 Å². The Bertz CT molecular complexity index is 293. The lowest BCUT2D eigenvalue weighted by Crippen LogP contribution is -2.05. The third kappa shape index (κ3) is 1.24. The molecule has 0 saturated carbocycles. The van der Waals surface area contributed by atoms with E-state index in [1.54, 1.807) is 0 Å². The van der Waals surface area contributed by atoms with E-state index in [4.69, 9.17) is 11.6 Å². The van der Waals surface area contributed by atoms with E-state index in [0.717, 1.165) is 5.69 Å². The second-order valence-electron chi connectivity index (χ2n) is 2.39. The molecule has 0 spiro atoms. The molecule has 2 heteroatoms. The maximum atomic E-state index is 5.76. The Morgan fingerprint density at radius 3 is 2.82 bits per heavy atom. The Kier molecular flexibility index (Phi) is 1.59. The summed E-state index contributed by atoms with van der Waals surface area (Å²) in [5.74, 6) is 0. The van der Waals surface area contributed by atoms with Gasteiger partial charge in [0.25, 0.3) is 0 Å². The highest BCUT2D eigenvalue weighted by atomic mass is 35.5. The van der Waals surface area contributed by atoms with E-state index in [1.165, 1.54) is 5.56 Å². The molecule has 0 bridgehead atoms. The van der Waals surface area contributed by atoms with Gasteiger partial charge >= 0.3 is 0 Å². The standard InChI is InChI=1S/C9H7ClN/c10-9-6-5-7-3-1-2-4-8(7)11-9/h1-6,11H. The number of hydrogen-bond donors (Lipinski definition) is 1. The van der Waals surface area contributed by atoms with Crippen LogP contribution < -0.4 is 5.32 Å². The third-order valence-corrected chi connectivity index (χ3v) is 1.84. The summed E-state index contributed by atoms with van der Waals surface area (Å²) in [5.41, 5.74) is 2.92. The van der Waals surface area contributed by atoms with Crippen LogP contribution in [0.2, 0.25) is 0 Å². The first kappa shape index (κ1) is 6.74. The summed E-state index contributed by atoms with van der Waals surface area (Å²) in [6.45, 7) is 0. The van der Waals surface area contributed by atoms with Crippen LogP contribution in [0.4, 0.5) is 5.69 Å². The fourth-order valence-electron chi connectivity index (χ4n) is 1.09. The molecular weight excluding hydrogens is 158 g/mol. The predicted octanol–water partition coefficient (Wildman–Crippen LogP) is 2.85. The van der Waals surface area contributed by atoms with Crippen LogP contribution in [0.5, 0.6) is 0 Å². The average Bonchev–Trinajstić information content (AvgIpc) is 2.04. The molecule has 11 heavy (non-hydrogen) atoms.